The lowest BCUT2D eigenvalue weighted by Crippen LogP contribution is -2.41. The van der Waals surface area contributed by atoms with Crippen molar-refractivity contribution in [3.05, 3.63) is 0 Å². The molecule has 0 aliphatic rings. The highest BCUT2D eigenvalue weighted by Crippen LogP contribution is 2.42. The molecule has 0 fully saturated rings. The highest BCUT2D eigenvalue weighted by molar-refractivity contribution is 5.46. The molecule has 2 nitrogen and oxygen atoms in total. The largest absolute Gasteiger partial charge is 0.348 e. The van der Waals surface area contributed by atoms with Crippen molar-refractivity contribution < 1.29 is 4.79 Å². The second kappa shape index (κ2) is 5.00. The van der Waals surface area contributed by atoms with E-state index in [-0.39, 0.29) is 10.8 Å². The first-order chi connectivity index (χ1) is 6.65. The van der Waals surface area contributed by atoms with Crippen molar-refractivity contribution in [1.82, 2.24) is 4.90 Å². The van der Waals surface area contributed by atoms with Gasteiger partial charge in [-0.2, -0.15) is 0 Å². The van der Waals surface area contributed by atoms with Gasteiger partial charge in [0.25, 0.3) is 0 Å². The van der Waals surface area contributed by atoms with E-state index in [2.05, 4.69) is 41.5 Å². The number of amides is 1. The Bertz CT molecular complexity index is 203. The van der Waals surface area contributed by atoms with E-state index in [0.717, 1.165) is 19.4 Å². The summed E-state index contributed by atoms with van der Waals surface area (Å²) in [6.45, 7) is 14.4. The second-order valence-electron chi connectivity index (χ2n) is 6.31. The molecule has 0 aliphatic heterocycles. The molecule has 0 aromatic carbocycles. The van der Waals surface area contributed by atoms with Crippen LogP contribution in [0, 0.1) is 16.7 Å². The van der Waals surface area contributed by atoms with Gasteiger partial charge in [-0.05, 0) is 16.7 Å². The van der Waals surface area contributed by atoms with Crippen molar-refractivity contribution >= 4 is 6.41 Å². The molecule has 0 aliphatic carbocycles. The van der Waals surface area contributed by atoms with Gasteiger partial charge in [0.2, 0.25) is 6.41 Å². The molecular formula is C13H27NO. The summed E-state index contributed by atoms with van der Waals surface area (Å²) in [7, 11) is 1.86. The van der Waals surface area contributed by atoms with E-state index >= 15 is 0 Å². The first-order valence-electron chi connectivity index (χ1n) is 5.80. The minimum Gasteiger partial charge on any atom is -0.348 e. The predicted octanol–water partition coefficient (Wildman–Crippen LogP) is 3.17. The van der Waals surface area contributed by atoms with Gasteiger partial charge in [-0.25, -0.2) is 0 Å². The first-order valence-corrected chi connectivity index (χ1v) is 5.80. The van der Waals surface area contributed by atoms with Gasteiger partial charge in [0, 0.05) is 13.6 Å². The zero-order chi connectivity index (χ0) is 12.3. The molecule has 0 radical (unpaired) electrons. The summed E-state index contributed by atoms with van der Waals surface area (Å²) >= 11 is 0. The van der Waals surface area contributed by atoms with Gasteiger partial charge in [0.15, 0.2) is 0 Å². The van der Waals surface area contributed by atoms with E-state index in [0.29, 0.717) is 5.92 Å². The van der Waals surface area contributed by atoms with Gasteiger partial charge in [-0.15, -0.1) is 0 Å². The molecule has 0 heterocycles. The molecule has 0 bridgehead atoms. The number of nitrogens with zero attached hydrogens (tertiary/aromatic N) is 1. The number of hydrogen-bond donors (Lipinski definition) is 0. The molecule has 15 heavy (non-hydrogen) atoms. The Kier molecular flexibility index (Phi) is 4.82. The fourth-order valence-corrected chi connectivity index (χ4v) is 2.27. The smallest absolute Gasteiger partial charge is 0.209 e. The average Bonchev–Trinajstić information content (AvgIpc) is 2.11. The Morgan fingerprint density at radius 1 is 1.20 bits per heavy atom. The maximum absolute atomic E-state index is 10.7. The van der Waals surface area contributed by atoms with E-state index in [4.69, 9.17) is 0 Å². The topological polar surface area (TPSA) is 20.3 Å². The van der Waals surface area contributed by atoms with Crippen LogP contribution in [0.3, 0.4) is 0 Å². The third-order valence-electron chi connectivity index (χ3n) is 3.55. The van der Waals surface area contributed by atoms with E-state index in [1.54, 1.807) is 4.90 Å². The van der Waals surface area contributed by atoms with Crippen molar-refractivity contribution in [1.29, 1.82) is 0 Å². The lowest BCUT2D eigenvalue weighted by molar-refractivity contribution is -0.118. The van der Waals surface area contributed by atoms with Gasteiger partial charge in [-0.3, -0.25) is 4.79 Å². The number of carbonyl (C=O) groups is 1. The minimum atomic E-state index is 0.233. The van der Waals surface area contributed by atoms with Crippen LogP contribution in [0.4, 0.5) is 0 Å². The highest BCUT2D eigenvalue weighted by atomic mass is 16.1. The standard InChI is InChI=1S/C13H27NO/c1-8-13(5,6)11(12(2,3)4)9-14(7)10-15/h10-11H,8-9H2,1-7H3. The summed E-state index contributed by atoms with van der Waals surface area (Å²) in [6, 6.07) is 0. The Hall–Kier alpha value is -0.530. The molecule has 0 aromatic heterocycles. The SMILES string of the molecule is CCC(C)(C)C(CN(C)C=O)C(C)(C)C. The monoisotopic (exact) mass is 213 g/mol. The minimum absolute atomic E-state index is 0.233. The van der Waals surface area contributed by atoms with E-state index in [1.165, 1.54) is 0 Å². The average molecular weight is 213 g/mol. The molecule has 0 N–H and O–H groups in total. The summed E-state index contributed by atoms with van der Waals surface area (Å²) in [5.74, 6) is 0.519. The summed E-state index contributed by atoms with van der Waals surface area (Å²) in [4.78, 5) is 12.5. The van der Waals surface area contributed by atoms with Crippen LogP contribution in [0.15, 0.2) is 0 Å². The Morgan fingerprint density at radius 2 is 1.67 bits per heavy atom. The predicted molar refractivity (Wildman–Crippen MR) is 65.7 cm³/mol. The summed E-state index contributed by atoms with van der Waals surface area (Å²) in [5, 5.41) is 0. The molecule has 90 valence electrons. The van der Waals surface area contributed by atoms with Crippen LogP contribution < -0.4 is 0 Å². The molecular weight excluding hydrogens is 186 g/mol. The van der Waals surface area contributed by atoms with Crippen molar-refractivity contribution in [2.75, 3.05) is 13.6 Å². The number of hydrogen-bond acceptors (Lipinski definition) is 1. The number of rotatable bonds is 5. The van der Waals surface area contributed by atoms with Crippen LogP contribution >= 0.6 is 0 Å². The Labute approximate surface area is 95.0 Å². The molecule has 2 heteroatoms. The lowest BCUT2D eigenvalue weighted by atomic mass is 9.64. The van der Waals surface area contributed by atoms with Crippen molar-refractivity contribution in [2.45, 2.75) is 48.0 Å². The van der Waals surface area contributed by atoms with E-state index in [9.17, 15) is 4.79 Å². The fourth-order valence-electron chi connectivity index (χ4n) is 2.27. The molecule has 0 saturated carbocycles. The highest BCUT2D eigenvalue weighted by Gasteiger charge is 2.37. The molecule has 0 rings (SSSR count). The van der Waals surface area contributed by atoms with Crippen molar-refractivity contribution in [3.63, 3.8) is 0 Å². The van der Waals surface area contributed by atoms with Crippen LogP contribution in [0.1, 0.15) is 48.0 Å². The summed E-state index contributed by atoms with van der Waals surface area (Å²) in [6.07, 6.45) is 2.06. The quantitative estimate of drug-likeness (QED) is 0.642. The normalized spacial score (nSPS) is 14.9. The molecule has 1 atom stereocenters. The molecule has 0 aromatic rings. The fraction of sp³-hybridized carbons (Fsp3) is 0.923. The summed E-state index contributed by atoms with van der Waals surface area (Å²) < 4.78 is 0. The second-order valence-corrected chi connectivity index (χ2v) is 6.31. The van der Waals surface area contributed by atoms with Crippen LogP contribution in [-0.2, 0) is 4.79 Å². The molecule has 1 amide bonds. The Morgan fingerprint density at radius 3 is 1.93 bits per heavy atom. The van der Waals surface area contributed by atoms with Gasteiger partial charge >= 0.3 is 0 Å². The van der Waals surface area contributed by atoms with Gasteiger partial charge < -0.3 is 4.90 Å². The number of carbonyl (C=O) groups excluding carboxylic acids is 1. The van der Waals surface area contributed by atoms with Gasteiger partial charge in [-0.1, -0.05) is 48.0 Å². The molecule has 0 spiro atoms. The maximum atomic E-state index is 10.7. The zero-order valence-corrected chi connectivity index (χ0v) is 11.4. The third kappa shape index (κ3) is 4.23. The molecule has 1 unspecified atom stereocenters. The Balaban J connectivity index is 4.82. The zero-order valence-electron chi connectivity index (χ0n) is 11.4. The van der Waals surface area contributed by atoms with Crippen LogP contribution in [-0.4, -0.2) is 24.9 Å². The van der Waals surface area contributed by atoms with Gasteiger partial charge in [0.1, 0.15) is 0 Å². The lowest BCUT2D eigenvalue weighted by Gasteiger charge is -2.43. The third-order valence-corrected chi connectivity index (χ3v) is 3.55. The first kappa shape index (κ1) is 14.5. The van der Waals surface area contributed by atoms with Crippen LogP contribution in [0.25, 0.3) is 0 Å². The van der Waals surface area contributed by atoms with E-state index < -0.39 is 0 Å². The van der Waals surface area contributed by atoms with Crippen LogP contribution in [0.5, 0.6) is 0 Å². The molecule has 0 saturated heterocycles. The van der Waals surface area contributed by atoms with Crippen LogP contribution in [0.2, 0.25) is 0 Å². The van der Waals surface area contributed by atoms with Gasteiger partial charge in [0.05, 0.1) is 0 Å². The van der Waals surface area contributed by atoms with Crippen molar-refractivity contribution in [3.8, 4) is 0 Å². The van der Waals surface area contributed by atoms with Crippen molar-refractivity contribution in [2.24, 2.45) is 16.7 Å². The van der Waals surface area contributed by atoms with E-state index in [1.807, 2.05) is 7.05 Å². The maximum Gasteiger partial charge on any atom is 0.209 e. The summed E-state index contributed by atoms with van der Waals surface area (Å²) in [5.41, 5.74) is 0.506.